The zero-order chi connectivity index (χ0) is 17.8. The van der Waals surface area contributed by atoms with Crippen molar-refractivity contribution in [1.29, 1.82) is 0 Å². The smallest absolute Gasteiger partial charge is 0.167 e. The summed E-state index contributed by atoms with van der Waals surface area (Å²) in [5.41, 5.74) is 1.96. The summed E-state index contributed by atoms with van der Waals surface area (Å²) in [5, 5.41) is 3.42. The highest BCUT2D eigenvalue weighted by atomic mass is 79.9. The van der Waals surface area contributed by atoms with Crippen molar-refractivity contribution in [2.75, 3.05) is 25.6 Å². The van der Waals surface area contributed by atoms with E-state index < -0.39 is 0 Å². The molecule has 0 fully saturated rings. The summed E-state index contributed by atoms with van der Waals surface area (Å²) in [7, 11) is 1.65. The molecule has 0 spiro atoms. The van der Waals surface area contributed by atoms with Gasteiger partial charge < -0.3 is 24.3 Å². The van der Waals surface area contributed by atoms with Gasteiger partial charge in [-0.2, -0.15) is 0 Å². The van der Waals surface area contributed by atoms with Crippen LogP contribution in [0.25, 0.3) is 0 Å². The summed E-state index contributed by atoms with van der Waals surface area (Å²) in [6.45, 7) is 5.74. The lowest BCUT2D eigenvalue weighted by molar-refractivity contribution is 0.171. The predicted molar refractivity (Wildman–Crippen MR) is 101 cm³/mol. The van der Waals surface area contributed by atoms with E-state index in [0.717, 1.165) is 38.7 Å². The van der Waals surface area contributed by atoms with E-state index in [9.17, 15) is 0 Å². The lowest BCUT2D eigenvalue weighted by atomic mass is 10.1. The maximum atomic E-state index is 5.99. The molecular formula is C19H22BrNO4. The first-order chi connectivity index (χ1) is 12.1. The maximum absolute atomic E-state index is 5.99. The Morgan fingerprint density at radius 1 is 1.12 bits per heavy atom. The second kappa shape index (κ2) is 7.87. The molecule has 0 aromatic heterocycles. The lowest BCUT2D eigenvalue weighted by Crippen LogP contribution is -2.15. The highest BCUT2D eigenvalue weighted by Gasteiger charge is 2.17. The molecule has 2 aromatic carbocycles. The summed E-state index contributed by atoms with van der Waals surface area (Å²) >= 11 is 3.61. The van der Waals surface area contributed by atoms with Crippen LogP contribution in [0.5, 0.6) is 23.0 Å². The van der Waals surface area contributed by atoms with Gasteiger partial charge in [-0.1, -0.05) is 15.9 Å². The fraction of sp³-hybridized carbons (Fsp3) is 0.368. The molecule has 0 saturated heterocycles. The molecule has 6 heteroatoms. The molecule has 3 rings (SSSR count). The third-order valence-corrected chi connectivity index (χ3v) is 4.50. The number of methoxy groups -OCH3 is 1. The van der Waals surface area contributed by atoms with E-state index in [0.29, 0.717) is 19.8 Å². The van der Waals surface area contributed by atoms with E-state index in [1.54, 1.807) is 7.11 Å². The van der Waals surface area contributed by atoms with Gasteiger partial charge in [-0.25, -0.2) is 0 Å². The molecule has 1 aliphatic rings. The molecule has 0 amide bonds. The fourth-order valence-electron chi connectivity index (χ4n) is 2.62. The van der Waals surface area contributed by atoms with Crippen LogP contribution in [0.4, 0.5) is 5.69 Å². The molecule has 0 bridgehead atoms. The molecular weight excluding hydrogens is 386 g/mol. The van der Waals surface area contributed by atoms with E-state index in [1.807, 2.05) is 44.2 Å². The Hall–Kier alpha value is -2.08. The van der Waals surface area contributed by atoms with E-state index in [-0.39, 0.29) is 6.10 Å². The van der Waals surface area contributed by atoms with Gasteiger partial charge in [0, 0.05) is 28.3 Å². The van der Waals surface area contributed by atoms with Crippen molar-refractivity contribution in [1.82, 2.24) is 0 Å². The minimum absolute atomic E-state index is 0.0521. The number of hydrogen-bond acceptors (Lipinski definition) is 5. The molecule has 2 aromatic rings. The molecule has 25 heavy (non-hydrogen) atoms. The van der Waals surface area contributed by atoms with Crippen molar-refractivity contribution in [3.63, 3.8) is 0 Å². The molecule has 0 saturated carbocycles. The van der Waals surface area contributed by atoms with Crippen LogP contribution in [0.2, 0.25) is 0 Å². The summed E-state index contributed by atoms with van der Waals surface area (Å²) in [6, 6.07) is 9.71. The van der Waals surface area contributed by atoms with E-state index in [2.05, 4.69) is 21.2 Å². The second-order valence-electron chi connectivity index (χ2n) is 5.94. The summed E-state index contributed by atoms with van der Waals surface area (Å²) in [5.74, 6) is 3.01. The molecule has 0 unspecified atom stereocenters. The minimum Gasteiger partial charge on any atom is -0.493 e. The number of halogens is 1. The maximum Gasteiger partial charge on any atom is 0.167 e. The molecule has 1 N–H and O–H groups in total. The van der Waals surface area contributed by atoms with Gasteiger partial charge in [0.25, 0.3) is 0 Å². The number of nitrogens with one attached hydrogen (secondary N) is 1. The quantitative estimate of drug-likeness (QED) is 0.756. The van der Waals surface area contributed by atoms with Gasteiger partial charge in [0.15, 0.2) is 23.0 Å². The standard InChI is InChI=1S/C19H22BrNO4/c1-12(2)25-19-14(15(20)5-7-17(19)22-3)11-21-13-4-6-16-18(10-13)24-9-8-23-16/h4-7,10,12,21H,8-9,11H2,1-3H3. The van der Waals surface area contributed by atoms with Crippen LogP contribution in [0.1, 0.15) is 19.4 Å². The third-order valence-electron chi connectivity index (χ3n) is 3.75. The van der Waals surface area contributed by atoms with Crippen molar-refractivity contribution >= 4 is 21.6 Å². The summed E-state index contributed by atoms with van der Waals surface area (Å²) in [4.78, 5) is 0. The number of fused-ring (bicyclic) bond motifs is 1. The van der Waals surface area contributed by atoms with Gasteiger partial charge in [-0.05, 0) is 38.1 Å². The van der Waals surface area contributed by atoms with Crippen LogP contribution in [-0.2, 0) is 6.54 Å². The SMILES string of the molecule is COc1ccc(Br)c(CNc2ccc3c(c2)OCCO3)c1OC(C)C. The Labute approximate surface area is 156 Å². The predicted octanol–water partition coefficient (Wildman–Crippen LogP) is 4.63. The molecule has 5 nitrogen and oxygen atoms in total. The largest absolute Gasteiger partial charge is 0.493 e. The first kappa shape index (κ1) is 17.7. The number of hydrogen-bond donors (Lipinski definition) is 1. The Balaban J connectivity index is 1.82. The Morgan fingerprint density at radius 2 is 1.88 bits per heavy atom. The Bertz CT molecular complexity index is 748. The first-order valence-electron chi connectivity index (χ1n) is 8.24. The highest BCUT2D eigenvalue weighted by molar-refractivity contribution is 9.10. The van der Waals surface area contributed by atoms with Crippen LogP contribution in [0, 0.1) is 0 Å². The summed E-state index contributed by atoms with van der Waals surface area (Å²) < 4.78 is 23.6. The molecule has 0 atom stereocenters. The lowest BCUT2D eigenvalue weighted by Gasteiger charge is -2.21. The zero-order valence-corrected chi connectivity index (χ0v) is 16.2. The van der Waals surface area contributed by atoms with Crippen molar-refractivity contribution in [2.45, 2.75) is 26.5 Å². The number of benzene rings is 2. The van der Waals surface area contributed by atoms with Gasteiger partial charge in [0.05, 0.1) is 13.2 Å². The van der Waals surface area contributed by atoms with E-state index >= 15 is 0 Å². The highest BCUT2D eigenvalue weighted by Crippen LogP contribution is 2.38. The Kier molecular flexibility index (Phi) is 5.58. The average Bonchev–Trinajstić information content (AvgIpc) is 2.61. The molecule has 0 radical (unpaired) electrons. The Morgan fingerprint density at radius 3 is 2.60 bits per heavy atom. The second-order valence-corrected chi connectivity index (χ2v) is 6.79. The topological polar surface area (TPSA) is 49.0 Å². The molecule has 1 heterocycles. The number of ether oxygens (including phenoxy) is 4. The van der Waals surface area contributed by atoms with E-state index in [4.69, 9.17) is 18.9 Å². The normalized spacial score (nSPS) is 12.8. The van der Waals surface area contributed by atoms with Gasteiger partial charge in [-0.15, -0.1) is 0 Å². The van der Waals surface area contributed by atoms with E-state index in [1.165, 1.54) is 0 Å². The van der Waals surface area contributed by atoms with Gasteiger partial charge in [0.1, 0.15) is 13.2 Å². The van der Waals surface area contributed by atoms with Crippen molar-refractivity contribution in [3.8, 4) is 23.0 Å². The van der Waals surface area contributed by atoms with Crippen molar-refractivity contribution in [3.05, 3.63) is 40.4 Å². The van der Waals surface area contributed by atoms with Gasteiger partial charge in [0.2, 0.25) is 0 Å². The first-order valence-corrected chi connectivity index (χ1v) is 9.03. The van der Waals surface area contributed by atoms with Crippen LogP contribution >= 0.6 is 15.9 Å². The van der Waals surface area contributed by atoms with Crippen LogP contribution in [-0.4, -0.2) is 26.4 Å². The van der Waals surface area contributed by atoms with Gasteiger partial charge in [-0.3, -0.25) is 0 Å². The molecule has 0 aliphatic carbocycles. The average molecular weight is 408 g/mol. The van der Waals surface area contributed by atoms with Crippen LogP contribution in [0.3, 0.4) is 0 Å². The zero-order valence-electron chi connectivity index (χ0n) is 14.6. The minimum atomic E-state index is 0.0521. The van der Waals surface area contributed by atoms with Gasteiger partial charge >= 0.3 is 0 Å². The monoisotopic (exact) mass is 407 g/mol. The molecule has 134 valence electrons. The number of rotatable bonds is 6. The molecule has 1 aliphatic heterocycles. The van der Waals surface area contributed by atoms with Crippen LogP contribution < -0.4 is 24.3 Å². The fourth-order valence-corrected chi connectivity index (χ4v) is 3.07. The summed E-state index contributed by atoms with van der Waals surface area (Å²) in [6.07, 6.45) is 0.0521. The van der Waals surface area contributed by atoms with Crippen molar-refractivity contribution in [2.24, 2.45) is 0 Å². The third kappa shape index (κ3) is 4.12. The van der Waals surface area contributed by atoms with Crippen LogP contribution in [0.15, 0.2) is 34.8 Å². The number of anilines is 1. The van der Waals surface area contributed by atoms with Crippen molar-refractivity contribution < 1.29 is 18.9 Å².